The number of thiazole rings is 1. The zero-order valence-corrected chi connectivity index (χ0v) is 11.3. The van der Waals surface area contributed by atoms with Gasteiger partial charge in [-0.3, -0.25) is 4.40 Å². The Balaban J connectivity index is 1.85. The van der Waals surface area contributed by atoms with Gasteiger partial charge in [0.15, 0.2) is 4.96 Å². The van der Waals surface area contributed by atoms with Crippen LogP contribution in [0.5, 0.6) is 0 Å². The quantitative estimate of drug-likeness (QED) is 0.730. The maximum Gasteiger partial charge on any atom is 0.194 e. The highest BCUT2D eigenvalue weighted by Crippen LogP contribution is 2.28. The molecule has 4 nitrogen and oxygen atoms in total. The Morgan fingerprint density at radius 1 is 1.50 bits per heavy atom. The average Bonchev–Trinajstić information content (AvgIpc) is 3.05. The summed E-state index contributed by atoms with van der Waals surface area (Å²) in [6.45, 7) is 0.637. The van der Waals surface area contributed by atoms with Gasteiger partial charge in [0.25, 0.3) is 0 Å². The fourth-order valence-corrected chi connectivity index (χ4v) is 3.58. The van der Waals surface area contributed by atoms with Gasteiger partial charge in [0, 0.05) is 18.0 Å². The second-order valence-corrected chi connectivity index (χ2v) is 5.66. The first-order valence-electron chi connectivity index (χ1n) is 5.68. The highest BCUT2D eigenvalue weighted by Gasteiger charge is 2.13. The maximum atomic E-state index is 5.67. The Labute approximate surface area is 113 Å². The first-order valence-corrected chi connectivity index (χ1v) is 7.54. The van der Waals surface area contributed by atoms with E-state index in [1.165, 1.54) is 5.69 Å². The van der Waals surface area contributed by atoms with Crippen LogP contribution in [0.1, 0.15) is 11.5 Å². The topological polar surface area (TPSA) is 56.5 Å². The largest absolute Gasteiger partial charge is 0.468 e. The molecule has 0 fully saturated rings. The van der Waals surface area contributed by atoms with Gasteiger partial charge in [0.2, 0.25) is 0 Å². The number of imidazole rings is 1. The second-order valence-electron chi connectivity index (χ2n) is 3.83. The van der Waals surface area contributed by atoms with Gasteiger partial charge in [-0.05, 0) is 18.7 Å². The molecule has 94 valence electrons. The van der Waals surface area contributed by atoms with Crippen molar-refractivity contribution in [1.29, 1.82) is 0 Å². The van der Waals surface area contributed by atoms with Crippen molar-refractivity contribution in [3.05, 3.63) is 41.4 Å². The van der Waals surface area contributed by atoms with E-state index in [0.717, 1.165) is 27.9 Å². The van der Waals surface area contributed by atoms with E-state index in [0.29, 0.717) is 6.54 Å². The molecule has 0 spiro atoms. The summed E-state index contributed by atoms with van der Waals surface area (Å²) in [5.41, 5.74) is 6.87. The van der Waals surface area contributed by atoms with Crippen LogP contribution in [0.15, 0.2) is 39.4 Å². The van der Waals surface area contributed by atoms with Crippen LogP contribution >= 0.6 is 23.1 Å². The van der Waals surface area contributed by atoms with E-state index in [4.69, 9.17) is 10.2 Å². The summed E-state index contributed by atoms with van der Waals surface area (Å²) in [4.78, 5) is 5.67. The first kappa shape index (κ1) is 11.8. The molecule has 0 aliphatic heterocycles. The number of fused-ring (bicyclic) bond motifs is 1. The third-order valence-corrected chi connectivity index (χ3v) is 4.42. The highest BCUT2D eigenvalue weighted by molar-refractivity contribution is 7.98. The zero-order valence-electron chi connectivity index (χ0n) is 9.70. The number of nitrogens with zero attached hydrogens (tertiary/aromatic N) is 2. The molecule has 3 heterocycles. The monoisotopic (exact) mass is 279 g/mol. The van der Waals surface area contributed by atoms with Crippen molar-refractivity contribution in [2.45, 2.75) is 17.2 Å². The van der Waals surface area contributed by atoms with E-state index in [9.17, 15) is 0 Å². The number of furan rings is 1. The van der Waals surface area contributed by atoms with Crippen molar-refractivity contribution in [3.63, 3.8) is 0 Å². The Morgan fingerprint density at radius 3 is 3.22 bits per heavy atom. The lowest BCUT2D eigenvalue weighted by Gasteiger charge is -2.01. The third kappa shape index (κ3) is 2.19. The smallest absolute Gasteiger partial charge is 0.194 e. The molecule has 0 aliphatic rings. The predicted octanol–water partition coefficient (Wildman–Crippen LogP) is 2.78. The molecule has 2 N–H and O–H groups in total. The molecule has 3 rings (SSSR count). The molecule has 0 aromatic carbocycles. The van der Waals surface area contributed by atoms with Crippen molar-refractivity contribution in [1.82, 2.24) is 9.38 Å². The summed E-state index contributed by atoms with van der Waals surface area (Å²) in [6, 6.07) is 3.89. The van der Waals surface area contributed by atoms with Gasteiger partial charge in [-0.1, -0.05) is 11.8 Å². The molecule has 0 atom stereocenters. The molecular weight excluding hydrogens is 266 g/mol. The third-order valence-electron chi connectivity index (χ3n) is 2.64. The number of hydrogen-bond acceptors (Lipinski definition) is 5. The molecular formula is C12H13N3OS2. The molecule has 0 bridgehead atoms. The summed E-state index contributed by atoms with van der Waals surface area (Å²) < 4.78 is 7.46. The van der Waals surface area contributed by atoms with Crippen LogP contribution in [-0.4, -0.2) is 15.9 Å². The lowest BCUT2D eigenvalue weighted by Crippen LogP contribution is -2.05. The molecule has 3 aromatic heterocycles. The van der Waals surface area contributed by atoms with Gasteiger partial charge in [0.05, 0.1) is 17.7 Å². The zero-order chi connectivity index (χ0) is 12.4. The predicted molar refractivity (Wildman–Crippen MR) is 74.1 cm³/mol. The molecule has 0 aliphatic carbocycles. The fourth-order valence-electron chi connectivity index (χ4n) is 1.83. The van der Waals surface area contributed by atoms with Gasteiger partial charge in [-0.2, -0.15) is 0 Å². The van der Waals surface area contributed by atoms with Crippen molar-refractivity contribution < 1.29 is 4.42 Å². The van der Waals surface area contributed by atoms with Crippen molar-refractivity contribution in [3.8, 4) is 0 Å². The van der Waals surface area contributed by atoms with Gasteiger partial charge < -0.3 is 10.2 Å². The number of nitrogens with two attached hydrogens (primary N) is 1. The van der Waals surface area contributed by atoms with Gasteiger partial charge >= 0.3 is 0 Å². The van der Waals surface area contributed by atoms with Crippen molar-refractivity contribution in [2.75, 3.05) is 6.54 Å². The standard InChI is InChI=1S/C12H13N3OS2/c13-4-3-10-11(14-12-15(10)5-7-17-12)18-8-9-2-1-6-16-9/h1-2,5-7H,3-4,8,13H2. The Hall–Kier alpha value is -1.24. The number of thioether (sulfide) groups is 1. The minimum Gasteiger partial charge on any atom is -0.468 e. The van der Waals surface area contributed by atoms with Crippen LogP contribution in [0, 0.1) is 0 Å². The van der Waals surface area contributed by atoms with Crippen LogP contribution in [0.25, 0.3) is 4.96 Å². The number of hydrogen-bond donors (Lipinski definition) is 1. The van der Waals surface area contributed by atoms with Crippen molar-refractivity contribution in [2.24, 2.45) is 5.73 Å². The highest BCUT2D eigenvalue weighted by atomic mass is 32.2. The van der Waals surface area contributed by atoms with E-state index in [2.05, 4.69) is 15.6 Å². The molecule has 18 heavy (non-hydrogen) atoms. The van der Waals surface area contributed by atoms with E-state index in [1.54, 1.807) is 29.4 Å². The van der Waals surface area contributed by atoms with Crippen molar-refractivity contribution >= 4 is 28.1 Å². The summed E-state index contributed by atoms with van der Waals surface area (Å²) >= 11 is 3.35. The Bertz CT molecular complexity index is 627. The molecule has 3 aromatic rings. The average molecular weight is 279 g/mol. The molecule has 6 heteroatoms. The summed E-state index contributed by atoms with van der Waals surface area (Å²) in [6.07, 6.45) is 4.59. The van der Waals surface area contributed by atoms with E-state index in [1.807, 2.05) is 17.5 Å². The van der Waals surface area contributed by atoms with E-state index >= 15 is 0 Å². The van der Waals surface area contributed by atoms with E-state index < -0.39 is 0 Å². The molecule has 0 unspecified atom stereocenters. The van der Waals surface area contributed by atoms with Crippen LogP contribution in [-0.2, 0) is 12.2 Å². The van der Waals surface area contributed by atoms with Crippen LogP contribution in [0.3, 0.4) is 0 Å². The normalized spacial score (nSPS) is 11.4. The first-order chi connectivity index (χ1) is 8.88. The fraction of sp³-hybridized carbons (Fsp3) is 0.250. The molecule has 0 saturated heterocycles. The van der Waals surface area contributed by atoms with E-state index in [-0.39, 0.29) is 0 Å². The summed E-state index contributed by atoms with van der Waals surface area (Å²) in [5, 5.41) is 3.10. The lowest BCUT2D eigenvalue weighted by atomic mass is 10.3. The Morgan fingerprint density at radius 2 is 2.44 bits per heavy atom. The SMILES string of the molecule is NCCc1c(SCc2ccco2)nc2sccn12. The van der Waals surface area contributed by atoms with Crippen LogP contribution < -0.4 is 5.73 Å². The van der Waals surface area contributed by atoms with Gasteiger partial charge in [-0.25, -0.2) is 4.98 Å². The maximum absolute atomic E-state index is 5.67. The second kappa shape index (κ2) is 5.17. The molecule has 0 saturated carbocycles. The minimum absolute atomic E-state index is 0.637. The lowest BCUT2D eigenvalue weighted by molar-refractivity contribution is 0.530. The van der Waals surface area contributed by atoms with Crippen LogP contribution in [0.4, 0.5) is 0 Å². The van der Waals surface area contributed by atoms with Gasteiger partial charge in [0.1, 0.15) is 10.8 Å². The number of aromatic nitrogens is 2. The van der Waals surface area contributed by atoms with Crippen LogP contribution in [0.2, 0.25) is 0 Å². The molecule has 0 radical (unpaired) electrons. The summed E-state index contributed by atoms with van der Waals surface area (Å²) in [5.74, 6) is 1.77. The Kier molecular flexibility index (Phi) is 3.40. The summed E-state index contributed by atoms with van der Waals surface area (Å²) in [7, 11) is 0. The van der Waals surface area contributed by atoms with Gasteiger partial charge in [-0.15, -0.1) is 11.3 Å². The number of rotatable bonds is 5. The molecule has 0 amide bonds. The minimum atomic E-state index is 0.637.